The van der Waals surface area contributed by atoms with Crippen LogP contribution in [0.5, 0.6) is 0 Å². The summed E-state index contributed by atoms with van der Waals surface area (Å²) < 4.78 is 5.47. The van der Waals surface area contributed by atoms with Gasteiger partial charge in [-0.3, -0.25) is 0 Å². The van der Waals surface area contributed by atoms with Gasteiger partial charge in [0.05, 0.1) is 0 Å². The van der Waals surface area contributed by atoms with Crippen molar-refractivity contribution in [2.24, 2.45) is 11.8 Å². The van der Waals surface area contributed by atoms with Crippen LogP contribution in [-0.2, 0) is 4.74 Å². The number of ether oxygens (including phenoxy) is 1. The molecule has 0 aromatic rings. The van der Waals surface area contributed by atoms with Crippen LogP contribution in [0.2, 0.25) is 0 Å². The standard InChI is InChI=1S/C17H31N3O2/c1-17(2,3)22-16(21)20-10-13-14(11-20)15(13)18-12-6-5-8-19(4)9-7-12/h12-15,18H,5-11H2,1-4H3. The first-order valence-corrected chi connectivity index (χ1v) is 8.76. The molecule has 0 aromatic carbocycles. The number of rotatable bonds is 2. The highest BCUT2D eigenvalue weighted by Gasteiger charge is 2.57. The molecule has 5 nitrogen and oxygen atoms in total. The van der Waals surface area contributed by atoms with Gasteiger partial charge in [-0.15, -0.1) is 0 Å². The Morgan fingerprint density at radius 3 is 2.45 bits per heavy atom. The Morgan fingerprint density at radius 1 is 1.14 bits per heavy atom. The third-order valence-corrected chi connectivity index (χ3v) is 5.23. The van der Waals surface area contributed by atoms with Crippen LogP contribution in [0.15, 0.2) is 0 Å². The monoisotopic (exact) mass is 309 g/mol. The molecular weight excluding hydrogens is 278 g/mol. The summed E-state index contributed by atoms with van der Waals surface area (Å²) in [6.07, 6.45) is 3.69. The minimum Gasteiger partial charge on any atom is -0.444 e. The molecule has 2 saturated heterocycles. The molecule has 1 aliphatic carbocycles. The fourth-order valence-corrected chi connectivity index (χ4v) is 3.93. The maximum absolute atomic E-state index is 12.1. The van der Waals surface area contributed by atoms with Crippen molar-refractivity contribution in [3.8, 4) is 0 Å². The minimum absolute atomic E-state index is 0.144. The van der Waals surface area contributed by atoms with Crippen LogP contribution in [0.4, 0.5) is 4.79 Å². The molecule has 2 aliphatic heterocycles. The van der Waals surface area contributed by atoms with Gasteiger partial charge in [0.25, 0.3) is 0 Å². The molecule has 3 atom stereocenters. The fourth-order valence-electron chi connectivity index (χ4n) is 3.93. The van der Waals surface area contributed by atoms with Gasteiger partial charge in [0.15, 0.2) is 0 Å². The Morgan fingerprint density at radius 2 is 1.82 bits per heavy atom. The summed E-state index contributed by atoms with van der Waals surface area (Å²) in [5.41, 5.74) is -0.395. The van der Waals surface area contributed by atoms with Crippen LogP contribution in [0.25, 0.3) is 0 Å². The predicted octanol–water partition coefficient (Wildman–Crippen LogP) is 1.93. The zero-order valence-electron chi connectivity index (χ0n) is 14.5. The van der Waals surface area contributed by atoms with Gasteiger partial charge < -0.3 is 19.9 Å². The van der Waals surface area contributed by atoms with E-state index in [-0.39, 0.29) is 6.09 Å². The number of carbonyl (C=O) groups is 1. The fraction of sp³-hybridized carbons (Fsp3) is 0.941. The van der Waals surface area contributed by atoms with Crippen LogP contribution in [-0.4, -0.2) is 66.8 Å². The largest absolute Gasteiger partial charge is 0.444 e. The highest BCUT2D eigenvalue weighted by atomic mass is 16.6. The second-order valence-corrected chi connectivity index (χ2v) is 8.34. The van der Waals surface area contributed by atoms with Gasteiger partial charge in [-0.05, 0) is 72.0 Å². The average Bonchev–Trinajstić information content (AvgIpc) is 2.91. The topological polar surface area (TPSA) is 44.8 Å². The Hall–Kier alpha value is -0.810. The number of likely N-dealkylation sites (tertiary alicyclic amines) is 2. The molecule has 3 rings (SSSR count). The van der Waals surface area contributed by atoms with Crippen molar-refractivity contribution in [1.82, 2.24) is 15.1 Å². The zero-order chi connectivity index (χ0) is 15.9. The maximum Gasteiger partial charge on any atom is 0.410 e. The molecule has 0 spiro atoms. The molecule has 126 valence electrons. The molecule has 2 heterocycles. The number of piperidine rings is 1. The van der Waals surface area contributed by atoms with E-state index < -0.39 is 5.60 Å². The van der Waals surface area contributed by atoms with Crippen molar-refractivity contribution in [2.45, 2.75) is 57.7 Å². The summed E-state index contributed by atoms with van der Waals surface area (Å²) in [5.74, 6) is 1.29. The quantitative estimate of drug-likeness (QED) is 0.846. The normalized spacial score (nSPS) is 35.9. The SMILES string of the molecule is CN1CCCC(NC2C3CN(C(=O)OC(C)(C)C)CC32)CC1. The Bertz CT molecular complexity index is 409. The molecular formula is C17H31N3O2. The summed E-state index contributed by atoms with van der Waals surface area (Å²) in [4.78, 5) is 16.4. The average molecular weight is 309 g/mol. The van der Waals surface area contributed by atoms with Crippen molar-refractivity contribution in [3.05, 3.63) is 0 Å². The van der Waals surface area contributed by atoms with Crippen molar-refractivity contribution in [2.75, 3.05) is 33.2 Å². The molecule has 5 heteroatoms. The molecule has 3 fully saturated rings. The summed E-state index contributed by atoms with van der Waals surface area (Å²) in [5, 5.41) is 3.86. The molecule has 1 amide bonds. The lowest BCUT2D eigenvalue weighted by atomic mass is 10.1. The number of hydrogen-bond acceptors (Lipinski definition) is 4. The van der Waals surface area contributed by atoms with Crippen LogP contribution in [0.3, 0.4) is 0 Å². The maximum atomic E-state index is 12.1. The first-order chi connectivity index (χ1) is 10.3. The number of carbonyl (C=O) groups excluding carboxylic acids is 1. The van der Waals surface area contributed by atoms with Crippen molar-refractivity contribution < 1.29 is 9.53 Å². The molecule has 1 saturated carbocycles. The predicted molar refractivity (Wildman–Crippen MR) is 86.8 cm³/mol. The molecule has 22 heavy (non-hydrogen) atoms. The molecule has 1 N–H and O–H groups in total. The van der Waals surface area contributed by atoms with E-state index in [2.05, 4.69) is 17.3 Å². The van der Waals surface area contributed by atoms with E-state index in [1.54, 1.807) is 0 Å². The van der Waals surface area contributed by atoms with Crippen molar-refractivity contribution in [3.63, 3.8) is 0 Å². The van der Waals surface area contributed by atoms with Gasteiger partial charge >= 0.3 is 6.09 Å². The number of hydrogen-bond donors (Lipinski definition) is 1. The van der Waals surface area contributed by atoms with E-state index in [0.717, 1.165) is 13.1 Å². The molecule has 0 bridgehead atoms. The third-order valence-electron chi connectivity index (χ3n) is 5.23. The van der Waals surface area contributed by atoms with E-state index in [4.69, 9.17) is 4.74 Å². The second-order valence-electron chi connectivity index (χ2n) is 8.34. The highest BCUT2D eigenvalue weighted by molar-refractivity contribution is 5.69. The Labute approximate surface area is 134 Å². The van der Waals surface area contributed by atoms with Crippen LogP contribution in [0.1, 0.15) is 40.0 Å². The van der Waals surface area contributed by atoms with Crippen LogP contribution in [0, 0.1) is 11.8 Å². The summed E-state index contributed by atoms with van der Waals surface area (Å²) >= 11 is 0. The van der Waals surface area contributed by atoms with Gasteiger partial charge in [0, 0.05) is 25.2 Å². The summed E-state index contributed by atoms with van der Waals surface area (Å²) in [6.45, 7) is 9.93. The summed E-state index contributed by atoms with van der Waals surface area (Å²) in [6, 6.07) is 1.29. The zero-order valence-corrected chi connectivity index (χ0v) is 14.5. The third kappa shape index (κ3) is 3.74. The van der Waals surface area contributed by atoms with E-state index in [0.29, 0.717) is 23.9 Å². The number of fused-ring (bicyclic) bond motifs is 1. The van der Waals surface area contributed by atoms with E-state index in [1.807, 2.05) is 25.7 Å². The number of nitrogens with one attached hydrogen (secondary N) is 1. The van der Waals surface area contributed by atoms with Gasteiger partial charge in [0.2, 0.25) is 0 Å². The van der Waals surface area contributed by atoms with Gasteiger partial charge in [-0.1, -0.05) is 0 Å². The van der Waals surface area contributed by atoms with Crippen LogP contribution < -0.4 is 5.32 Å². The smallest absolute Gasteiger partial charge is 0.410 e. The van der Waals surface area contributed by atoms with Crippen molar-refractivity contribution in [1.29, 1.82) is 0 Å². The lowest BCUT2D eigenvalue weighted by Gasteiger charge is -2.26. The number of nitrogens with zero attached hydrogens (tertiary/aromatic N) is 2. The van der Waals surface area contributed by atoms with Crippen molar-refractivity contribution >= 4 is 6.09 Å². The first-order valence-electron chi connectivity index (χ1n) is 8.76. The molecule has 0 radical (unpaired) electrons. The second kappa shape index (κ2) is 6.00. The number of amides is 1. The van der Waals surface area contributed by atoms with Gasteiger partial charge in [0.1, 0.15) is 5.60 Å². The summed E-state index contributed by atoms with van der Waals surface area (Å²) in [7, 11) is 2.22. The van der Waals surface area contributed by atoms with Crippen LogP contribution >= 0.6 is 0 Å². The van der Waals surface area contributed by atoms with E-state index in [1.165, 1.54) is 32.4 Å². The van der Waals surface area contributed by atoms with Gasteiger partial charge in [-0.2, -0.15) is 0 Å². The molecule has 0 aromatic heterocycles. The molecule has 3 aliphatic rings. The first kappa shape index (κ1) is 16.1. The highest BCUT2D eigenvalue weighted by Crippen LogP contribution is 2.46. The van der Waals surface area contributed by atoms with E-state index in [9.17, 15) is 4.79 Å². The van der Waals surface area contributed by atoms with E-state index >= 15 is 0 Å². The molecule has 3 unspecified atom stereocenters. The lowest BCUT2D eigenvalue weighted by molar-refractivity contribution is 0.0268. The lowest BCUT2D eigenvalue weighted by Crippen LogP contribution is -2.41. The minimum atomic E-state index is -0.395. The Kier molecular flexibility index (Phi) is 4.38. The van der Waals surface area contributed by atoms with Gasteiger partial charge in [-0.25, -0.2) is 4.79 Å². The Balaban J connectivity index is 1.42.